The summed E-state index contributed by atoms with van der Waals surface area (Å²) in [4.78, 5) is 31.1. The predicted octanol–water partition coefficient (Wildman–Crippen LogP) is 5.09. The molecule has 4 aromatic rings. The molecule has 12 heteroatoms. The van der Waals surface area contributed by atoms with Crippen molar-refractivity contribution in [2.24, 2.45) is 7.05 Å². The van der Waals surface area contributed by atoms with Crippen LogP contribution in [0.4, 0.5) is 5.13 Å². The van der Waals surface area contributed by atoms with E-state index in [0.717, 1.165) is 21.4 Å². The zero-order chi connectivity index (χ0) is 22.7. The highest BCUT2D eigenvalue weighted by atomic mass is 35.5. The number of halogens is 1. The zero-order valence-electron chi connectivity index (χ0n) is 16.4. The van der Waals surface area contributed by atoms with Crippen LogP contribution in [0.2, 0.25) is 4.34 Å². The van der Waals surface area contributed by atoms with Crippen molar-refractivity contribution in [3.8, 4) is 11.5 Å². The van der Waals surface area contributed by atoms with Crippen LogP contribution in [0.15, 0.2) is 71.1 Å². The topological polar surface area (TPSA) is 106 Å². The number of amides is 1. The molecule has 0 aliphatic rings. The Bertz CT molecular complexity index is 1290. The van der Waals surface area contributed by atoms with Crippen LogP contribution in [0.5, 0.6) is 11.5 Å². The molecule has 0 spiro atoms. The van der Waals surface area contributed by atoms with E-state index < -0.39 is 8.03 Å². The van der Waals surface area contributed by atoms with Crippen LogP contribution in [0.3, 0.4) is 0 Å². The molecule has 2 aromatic heterocycles. The summed E-state index contributed by atoms with van der Waals surface area (Å²) >= 11 is 8.43. The smallest absolute Gasteiger partial charge is 0.457 e. The van der Waals surface area contributed by atoms with Gasteiger partial charge in [0.25, 0.3) is 5.91 Å². The average molecular weight is 506 g/mol. The zero-order valence-corrected chi connectivity index (χ0v) is 19.7. The number of anilines is 1. The fourth-order valence-electron chi connectivity index (χ4n) is 2.64. The van der Waals surface area contributed by atoms with Gasteiger partial charge in [-0.25, -0.2) is 9.97 Å². The van der Waals surface area contributed by atoms with Gasteiger partial charge in [0.05, 0.1) is 6.20 Å². The number of hydrogen-bond donors (Lipinski definition) is 2. The van der Waals surface area contributed by atoms with Gasteiger partial charge >= 0.3 is 8.03 Å². The number of benzene rings is 2. The molecule has 1 amide bonds. The third kappa shape index (κ3) is 5.53. The molecule has 2 N–H and O–H groups in total. The van der Waals surface area contributed by atoms with Crippen LogP contribution in [0.1, 0.15) is 10.4 Å². The lowest BCUT2D eigenvalue weighted by Crippen LogP contribution is -2.12. The molecule has 0 saturated heterocycles. The maximum Gasteiger partial charge on any atom is 0.546 e. The van der Waals surface area contributed by atoms with E-state index in [9.17, 15) is 14.3 Å². The van der Waals surface area contributed by atoms with Crippen molar-refractivity contribution < 1.29 is 19.0 Å². The number of aryl methyl sites for hydroxylation is 1. The van der Waals surface area contributed by atoms with Crippen molar-refractivity contribution >= 4 is 59.1 Å². The lowest BCUT2D eigenvalue weighted by atomic mass is 10.2. The van der Waals surface area contributed by atoms with Crippen molar-refractivity contribution in [1.29, 1.82) is 0 Å². The van der Waals surface area contributed by atoms with Crippen molar-refractivity contribution in [3.05, 3.63) is 71.0 Å². The summed E-state index contributed by atoms with van der Waals surface area (Å²) in [5.41, 5.74) is 0.362. The van der Waals surface area contributed by atoms with Gasteiger partial charge in [-0.3, -0.25) is 10.1 Å². The van der Waals surface area contributed by atoms with Crippen LogP contribution in [-0.2, 0) is 11.6 Å². The van der Waals surface area contributed by atoms with Gasteiger partial charge in [0.15, 0.2) is 10.3 Å². The molecule has 4 rings (SSSR count). The molecular formula is C20H15ClN4O4PS2+. The standard InChI is InChI=1S/C20H14ClN4O4PS2/c1-25-7-6-22-20(25)31-16-9-12(18(26)24-19-23-11-17(21)32-19)8-14(10-16)29-13-2-4-15(5-3-13)30(27)28/h2-11H,1H3,(H-,23,24,26,27,28)/p+1. The van der Waals surface area contributed by atoms with Gasteiger partial charge in [0, 0.05) is 29.9 Å². The summed E-state index contributed by atoms with van der Waals surface area (Å²) in [6, 6.07) is 11.3. The number of aromatic nitrogens is 3. The number of thiazole rings is 1. The molecule has 0 radical (unpaired) electrons. The quantitative estimate of drug-likeness (QED) is 0.337. The third-order valence-electron chi connectivity index (χ3n) is 4.12. The molecule has 8 nitrogen and oxygen atoms in total. The first kappa shape index (κ1) is 22.4. The van der Waals surface area contributed by atoms with Crippen LogP contribution < -0.4 is 15.4 Å². The summed E-state index contributed by atoms with van der Waals surface area (Å²) in [5, 5.41) is 4.16. The van der Waals surface area contributed by atoms with E-state index in [1.807, 2.05) is 17.8 Å². The largest absolute Gasteiger partial charge is 0.546 e. The highest BCUT2D eigenvalue weighted by Gasteiger charge is 2.17. The Labute approximate surface area is 197 Å². The molecule has 2 aromatic carbocycles. The van der Waals surface area contributed by atoms with Gasteiger partial charge in [-0.1, -0.05) is 34.7 Å². The number of ether oxygens (including phenoxy) is 1. The average Bonchev–Trinajstić information content (AvgIpc) is 3.36. The SMILES string of the molecule is Cn1ccnc1Sc1cc(Oc2ccc([P+](=O)O)cc2)cc(C(=O)Nc2ncc(Cl)s2)c1. The summed E-state index contributed by atoms with van der Waals surface area (Å²) in [5.74, 6) is 0.520. The molecule has 0 bridgehead atoms. The van der Waals surface area contributed by atoms with Crippen LogP contribution in [0.25, 0.3) is 0 Å². The highest BCUT2D eigenvalue weighted by molar-refractivity contribution is 7.99. The first-order valence-electron chi connectivity index (χ1n) is 9.04. The van der Waals surface area contributed by atoms with Crippen LogP contribution >= 0.6 is 42.7 Å². The molecule has 2 heterocycles. The Balaban J connectivity index is 1.63. The van der Waals surface area contributed by atoms with E-state index in [0.29, 0.717) is 31.8 Å². The molecule has 0 saturated carbocycles. The minimum absolute atomic E-state index is 0.300. The van der Waals surface area contributed by atoms with E-state index in [1.165, 1.54) is 30.1 Å². The number of imidazole rings is 1. The van der Waals surface area contributed by atoms with E-state index in [1.54, 1.807) is 36.5 Å². The first-order chi connectivity index (χ1) is 15.4. The lowest BCUT2D eigenvalue weighted by molar-refractivity contribution is 0.102. The molecule has 1 unspecified atom stereocenters. The number of carbonyl (C=O) groups excluding carboxylic acids is 1. The molecule has 0 aliphatic carbocycles. The normalized spacial score (nSPS) is 11.3. The van der Waals surface area contributed by atoms with E-state index in [-0.39, 0.29) is 5.91 Å². The third-order valence-corrected chi connectivity index (χ3v) is 6.94. The summed E-state index contributed by atoms with van der Waals surface area (Å²) < 4.78 is 19.5. The molecule has 32 heavy (non-hydrogen) atoms. The number of carbonyl (C=O) groups is 1. The maximum atomic E-state index is 12.8. The number of nitrogens with one attached hydrogen (secondary N) is 1. The second-order valence-corrected chi connectivity index (χ2v) is 10.2. The monoisotopic (exact) mass is 505 g/mol. The predicted molar refractivity (Wildman–Crippen MR) is 125 cm³/mol. The van der Waals surface area contributed by atoms with Crippen LogP contribution in [-0.4, -0.2) is 25.3 Å². The number of rotatable bonds is 7. The first-order valence-corrected chi connectivity index (χ1v) is 12.3. The van der Waals surface area contributed by atoms with Gasteiger partial charge in [-0.05, 0) is 47.0 Å². The van der Waals surface area contributed by atoms with Crippen molar-refractivity contribution in [2.45, 2.75) is 10.1 Å². The number of hydrogen-bond acceptors (Lipinski definition) is 7. The van der Waals surface area contributed by atoms with Gasteiger partial charge in [-0.15, -0.1) is 0 Å². The van der Waals surface area contributed by atoms with Crippen LogP contribution in [0, 0.1) is 0 Å². The second-order valence-electron chi connectivity index (χ2n) is 6.41. The highest BCUT2D eigenvalue weighted by Crippen LogP contribution is 2.33. The summed E-state index contributed by atoms with van der Waals surface area (Å²) in [7, 11) is -0.543. The van der Waals surface area contributed by atoms with Gasteiger partial charge in [-0.2, -0.15) is 4.89 Å². The Kier molecular flexibility index (Phi) is 6.88. The van der Waals surface area contributed by atoms with E-state index >= 15 is 0 Å². The molecule has 1 atom stereocenters. The Hall–Kier alpha value is -2.75. The summed E-state index contributed by atoms with van der Waals surface area (Å²) in [6.45, 7) is 0. The Morgan fingerprint density at radius 1 is 1.22 bits per heavy atom. The fraction of sp³-hybridized carbons (Fsp3) is 0.0500. The second kappa shape index (κ2) is 9.81. The Morgan fingerprint density at radius 2 is 2.00 bits per heavy atom. The minimum Gasteiger partial charge on any atom is -0.457 e. The van der Waals surface area contributed by atoms with E-state index in [2.05, 4.69) is 15.3 Å². The van der Waals surface area contributed by atoms with Crippen molar-refractivity contribution in [3.63, 3.8) is 0 Å². The van der Waals surface area contributed by atoms with Gasteiger partial charge in [0.1, 0.15) is 15.8 Å². The van der Waals surface area contributed by atoms with Gasteiger partial charge < -0.3 is 9.30 Å². The maximum absolute atomic E-state index is 12.8. The van der Waals surface area contributed by atoms with Gasteiger partial charge in [0.2, 0.25) is 5.30 Å². The number of nitrogens with zero attached hydrogens (tertiary/aromatic N) is 3. The molecular weight excluding hydrogens is 491 g/mol. The minimum atomic E-state index is -2.42. The lowest BCUT2D eigenvalue weighted by Gasteiger charge is -2.11. The molecule has 0 aliphatic heterocycles. The molecule has 162 valence electrons. The van der Waals surface area contributed by atoms with Crippen molar-refractivity contribution in [1.82, 2.24) is 14.5 Å². The fourth-order valence-corrected chi connectivity index (χ4v) is 4.74. The summed E-state index contributed by atoms with van der Waals surface area (Å²) in [6.07, 6.45) is 4.99. The van der Waals surface area contributed by atoms with Crippen molar-refractivity contribution in [2.75, 3.05) is 5.32 Å². The Morgan fingerprint density at radius 3 is 2.62 bits per heavy atom. The van der Waals surface area contributed by atoms with E-state index in [4.69, 9.17) is 16.3 Å². The molecule has 0 fully saturated rings.